The summed E-state index contributed by atoms with van der Waals surface area (Å²) in [7, 11) is 9.98. The Balaban J connectivity index is 0.000000423. The van der Waals surface area contributed by atoms with Crippen molar-refractivity contribution in [1.82, 2.24) is 0 Å². The maximum atomic E-state index is 10.3. The summed E-state index contributed by atoms with van der Waals surface area (Å²) in [6, 6.07) is 0. The molecule has 0 spiro atoms. The third-order valence-electron chi connectivity index (χ3n) is 3.01. The lowest BCUT2D eigenvalue weighted by atomic mass is 10.1. The van der Waals surface area contributed by atoms with Crippen molar-refractivity contribution in [3.63, 3.8) is 0 Å². The average molecular weight is 367 g/mol. The van der Waals surface area contributed by atoms with E-state index >= 15 is 0 Å². The molecular formula is C15H30N2O4S2. The number of primary amides is 1. The lowest BCUT2D eigenvalue weighted by molar-refractivity contribution is -0.873. The van der Waals surface area contributed by atoms with Crippen LogP contribution in [0.3, 0.4) is 0 Å². The number of carbonyl (C=O) groups is 2. The van der Waals surface area contributed by atoms with Crippen LogP contribution in [0.1, 0.15) is 39.0 Å². The molecular weight excluding hydrogens is 336 g/mol. The van der Waals surface area contributed by atoms with Gasteiger partial charge in [-0.3, -0.25) is 0 Å². The van der Waals surface area contributed by atoms with Crippen molar-refractivity contribution in [3.8, 4) is 0 Å². The molecule has 1 fully saturated rings. The highest BCUT2D eigenvalue weighted by Crippen LogP contribution is 2.39. The molecule has 6 nitrogen and oxygen atoms in total. The van der Waals surface area contributed by atoms with Crippen molar-refractivity contribution in [2.75, 3.05) is 33.4 Å². The van der Waals surface area contributed by atoms with Gasteiger partial charge in [-0.15, -0.1) is 0 Å². The number of carboxylic acid groups (broad SMARTS) is 1. The summed E-state index contributed by atoms with van der Waals surface area (Å²) in [5.74, 6) is 0.346. The number of nitrogens with zero attached hydrogens (tertiary/aromatic N) is 1. The van der Waals surface area contributed by atoms with Crippen LogP contribution in [-0.4, -0.2) is 61.3 Å². The maximum Gasteiger partial charge on any atom is 0.404 e. The van der Waals surface area contributed by atoms with Crippen molar-refractivity contribution in [2.45, 2.75) is 50.4 Å². The second-order valence-corrected chi connectivity index (χ2v) is 9.45. The molecule has 1 rings (SSSR count). The van der Waals surface area contributed by atoms with Gasteiger partial charge in [0.05, 0.1) is 21.1 Å². The number of carbonyl (C=O) groups excluding carboxylic acids is 2. The molecule has 2 atom stereocenters. The number of amides is 1. The minimum Gasteiger partial charge on any atom is -0.550 e. The molecule has 1 saturated heterocycles. The maximum absolute atomic E-state index is 10.3. The van der Waals surface area contributed by atoms with Gasteiger partial charge in [0.1, 0.15) is 12.6 Å². The zero-order valence-electron chi connectivity index (χ0n) is 14.6. The first-order valence-electron chi connectivity index (χ1n) is 7.85. The summed E-state index contributed by atoms with van der Waals surface area (Å²) in [6.07, 6.45) is 3.69. The molecule has 23 heavy (non-hydrogen) atoms. The highest BCUT2D eigenvalue weighted by molar-refractivity contribution is 8.77. The summed E-state index contributed by atoms with van der Waals surface area (Å²) in [5.41, 5.74) is 4.84. The number of rotatable bonds is 8. The van der Waals surface area contributed by atoms with Crippen LogP contribution in [0.2, 0.25) is 0 Å². The summed E-state index contributed by atoms with van der Waals surface area (Å²) in [5, 5.41) is 10.8. The van der Waals surface area contributed by atoms with Crippen molar-refractivity contribution in [2.24, 2.45) is 5.73 Å². The van der Waals surface area contributed by atoms with E-state index < -0.39 is 12.1 Å². The molecule has 0 bridgehead atoms. The van der Waals surface area contributed by atoms with Gasteiger partial charge in [-0.05, 0) is 32.6 Å². The summed E-state index contributed by atoms with van der Waals surface area (Å²) < 4.78 is 5.51. The normalized spacial score (nSPS) is 18.7. The van der Waals surface area contributed by atoms with Gasteiger partial charge in [-0.25, -0.2) is 4.79 Å². The fourth-order valence-electron chi connectivity index (χ4n) is 2.21. The molecule has 0 radical (unpaired) electrons. The van der Waals surface area contributed by atoms with Crippen molar-refractivity contribution >= 4 is 33.7 Å². The molecule has 1 unspecified atom stereocenters. The fourth-order valence-corrected chi connectivity index (χ4v) is 5.24. The zero-order valence-corrected chi connectivity index (χ0v) is 16.2. The fraction of sp³-hybridized carbons (Fsp3) is 0.867. The van der Waals surface area contributed by atoms with Gasteiger partial charge < -0.3 is 24.9 Å². The quantitative estimate of drug-likeness (QED) is 0.399. The van der Waals surface area contributed by atoms with E-state index in [2.05, 4.69) is 0 Å². The van der Waals surface area contributed by atoms with E-state index in [0.717, 1.165) is 29.1 Å². The van der Waals surface area contributed by atoms with E-state index in [0.29, 0.717) is 0 Å². The molecule has 0 aromatic heterocycles. The molecule has 0 saturated carbocycles. The van der Waals surface area contributed by atoms with Crippen molar-refractivity contribution in [3.05, 3.63) is 0 Å². The van der Waals surface area contributed by atoms with Crippen LogP contribution in [0.4, 0.5) is 4.79 Å². The molecule has 0 aromatic rings. The monoisotopic (exact) mass is 366 g/mol. The predicted molar refractivity (Wildman–Crippen MR) is 95.0 cm³/mol. The first-order chi connectivity index (χ1) is 10.6. The number of hydrogen-bond acceptors (Lipinski definition) is 6. The number of ether oxygens (including phenoxy) is 1. The third-order valence-corrected chi connectivity index (χ3v) is 6.01. The SMILES string of the molecule is CC(C[N+](C)(C)C)OC(N)=O.O=C([O-])CCCC[C@@H]1CCSS1. The van der Waals surface area contributed by atoms with Gasteiger partial charge in [0, 0.05) is 17.0 Å². The van der Waals surface area contributed by atoms with E-state index in [1.54, 1.807) is 0 Å². The highest BCUT2D eigenvalue weighted by atomic mass is 33.1. The van der Waals surface area contributed by atoms with Crippen LogP contribution in [0.25, 0.3) is 0 Å². The topological polar surface area (TPSA) is 92.5 Å². The lowest BCUT2D eigenvalue weighted by Crippen LogP contribution is -2.42. The minimum absolute atomic E-state index is 0.118. The molecule has 2 N–H and O–H groups in total. The molecule has 8 heteroatoms. The van der Waals surface area contributed by atoms with E-state index in [4.69, 9.17) is 10.5 Å². The number of aliphatic carboxylic acids is 1. The van der Waals surface area contributed by atoms with E-state index in [-0.39, 0.29) is 12.5 Å². The molecule has 1 amide bonds. The van der Waals surface area contributed by atoms with Crippen LogP contribution in [0.15, 0.2) is 0 Å². The average Bonchev–Trinajstić information content (AvgIpc) is 2.84. The molecule has 0 aromatic carbocycles. The molecule has 1 aliphatic rings. The number of quaternary nitrogens is 1. The smallest absolute Gasteiger partial charge is 0.404 e. The lowest BCUT2D eigenvalue weighted by Gasteiger charge is -2.26. The van der Waals surface area contributed by atoms with Crippen LogP contribution in [-0.2, 0) is 9.53 Å². The Bertz CT molecular complexity index is 356. The van der Waals surface area contributed by atoms with E-state index in [1.807, 2.05) is 49.7 Å². The first-order valence-corrected chi connectivity index (χ1v) is 10.2. The largest absolute Gasteiger partial charge is 0.550 e. The third kappa shape index (κ3) is 16.1. The Labute approximate surface area is 147 Å². The van der Waals surface area contributed by atoms with Gasteiger partial charge in [-0.1, -0.05) is 28.0 Å². The second kappa shape index (κ2) is 11.9. The highest BCUT2D eigenvalue weighted by Gasteiger charge is 2.16. The second-order valence-electron chi connectivity index (χ2n) is 6.67. The minimum atomic E-state index is -0.913. The number of likely N-dealkylation sites (N-methyl/N-ethyl adjacent to an activating group) is 1. The van der Waals surface area contributed by atoms with Crippen LogP contribution in [0, 0.1) is 0 Å². The predicted octanol–water partition coefficient (Wildman–Crippen LogP) is 1.63. The summed E-state index contributed by atoms with van der Waals surface area (Å²) in [4.78, 5) is 20.4. The van der Waals surface area contributed by atoms with Crippen LogP contribution >= 0.6 is 21.6 Å². The number of unbranched alkanes of at least 4 members (excludes halogenated alkanes) is 1. The Morgan fingerprint density at radius 1 is 1.35 bits per heavy atom. The van der Waals surface area contributed by atoms with Gasteiger partial charge in [0.15, 0.2) is 0 Å². The Morgan fingerprint density at radius 3 is 2.43 bits per heavy atom. The number of hydrogen-bond donors (Lipinski definition) is 1. The van der Waals surface area contributed by atoms with E-state index in [1.165, 1.54) is 18.6 Å². The van der Waals surface area contributed by atoms with Crippen molar-refractivity contribution in [1.29, 1.82) is 0 Å². The van der Waals surface area contributed by atoms with Gasteiger partial charge in [-0.2, -0.15) is 0 Å². The molecule has 1 aliphatic heterocycles. The van der Waals surface area contributed by atoms with Crippen LogP contribution < -0.4 is 10.8 Å². The van der Waals surface area contributed by atoms with Crippen molar-refractivity contribution < 1.29 is 23.9 Å². The zero-order chi connectivity index (χ0) is 17.9. The summed E-state index contributed by atoms with van der Waals surface area (Å²) >= 11 is 0. The first kappa shape index (κ1) is 22.4. The molecule has 0 aliphatic carbocycles. The number of carboxylic acids is 1. The summed E-state index contributed by atoms with van der Waals surface area (Å²) in [6.45, 7) is 2.59. The Kier molecular flexibility index (Phi) is 11.6. The van der Waals surface area contributed by atoms with Gasteiger partial charge in [0.25, 0.3) is 0 Å². The van der Waals surface area contributed by atoms with Gasteiger partial charge >= 0.3 is 6.09 Å². The molecule has 1 heterocycles. The standard InChI is InChI=1S/C8H14O2S2.C7H16N2O2/c9-8(10)4-2-1-3-7-5-6-11-12-7;1-6(11-7(8)10)5-9(2,3)4/h7H,1-6H2,(H,9,10);6H,5H2,1-4H3,(H-,8,10)/t7-;/m1./s1. The number of nitrogens with two attached hydrogens (primary N) is 1. The van der Waals surface area contributed by atoms with Crippen LogP contribution in [0.5, 0.6) is 0 Å². The molecule has 136 valence electrons. The van der Waals surface area contributed by atoms with E-state index in [9.17, 15) is 14.7 Å². The van der Waals surface area contributed by atoms with Gasteiger partial charge in [0.2, 0.25) is 0 Å². The Hall–Kier alpha value is -0.600. The Morgan fingerprint density at radius 2 is 2.00 bits per heavy atom.